The molecule has 0 spiro atoms. The second kappa shape index (κ2) is 23.6. The van der Waals surface area contributed by atoms with Crippen molar-refractivity contribution in [3.8, 4) is 11.1 Å². The number of carbonyl (C=O) groups is 2. The molecule has 14 atom stereocenters. The van der Waals surface area contributed by atoms with E-state index in [4.69, 9.17) is 14.2 Å². The van der Waals surface area contributed by atoms with E-state index in [0.29, 0.717) is 49.7 Å². The highest BCUT2D eigenvalue weighted by atomic mass is 16.8. The summed E-state index contributed by atoms with van der Waals surface area (Å²) in [5.74, 6) is 1.09. The van der Waals surface area contributed by atoms with Gasteiger partial charge in [-0.2, -0.15) is 0 Å². The quantitative estimate of drug-likeness (QED) is 0.0357. The highest BCUT2D eigenvalue weighted by Crippen LogP contribution is 2.67. The van der Waals surface area contributed by atoms with Gasteiger partial charge in [0.2, 0.25) is 0 Å². The molecule has 2 aromatic carbocycles. The van der Waals surface area contributed by atoms with E-state index in [0.717, 1.165) is 87.9 Å². The van der Waals surface area contributed by atoms with Crippen LogP contribution in [0.25, 0.3) is 11.1 Å². The Balaban J connectivity index is 0.710. The van der Waals surface area contributed by atoms with Crippen molar-refractivity contribution in [1.82, 2.24) is 5.32 Å². The van der Waals surface area contributed by atoms with E-state index in [2.05, 4.69) is 70.3 Å². The maximum atomic E-state index is 13.2. The molecule has 5 aliphatic carbocycles. The lowest BCUT2D eigenvalue weighted by Crippen LogP contribution is -2.69. The molecule has 394 valence electrons. The SMILES string of the molecule is CC(C)CCC[C@@H](C)[C@H]1CC[C@H]2[C@@H]3CC=C4C[C@@H](O[C@@]5(O)O[C@H](C(O)C(=O)CCCCCCCCCCCNC(=O)OCC6c7ccccc7-c7ccccc76)[C@H](O)[C@H](O)[C@H]5O)CC[C@]4(C)[C@H]3CC[C@]12C. The molecule has 3 saturated carbocycles. The fourth-order valence-electron chi connectivity index (χ4n) is 15.1. The molecule has 0 radical (unpaired) electrons. The van der Waals surface area contributed by atoms with Gasteiger partial charge in [0.05, 0.1) is 6.10 Å². The van der Waals surface area contributed by atoms with E-state index in [1.807, 2.05) is 24.3 Å². The van der Waals surface area contributed by atoms with Gasteiger partial charge in [0.1, 0.15) is 31.0 Å². The summed E-state index contributed by atoms with van der Waals surface area (Å²) >= 11 is 0. The first-order valence-electron chi connectivity index (χ1n) is 28.2. The zero-order chi connectivity index (χ0) is 50.5. The summed E-state index contributed by atoms with van der Waals surface area (Å²) in [5.41, 5.74) is 6.55. The summed E-state index contributed by atoms with van der Waals surface area (Å²) < 4.78 is 17.6. The molecule has 1 amide bonds. The summed E-state index contributed by atoms with van der Waals surface area (Å²) in [6.45, 7) is 13.1. The van der Waals surface area contributed by atoms with Gasteiger partial charge < -0.3 is 45.1 Å². The number of hydrogen-bond donors (Lipinski definition) is 6. The minimum Gasteiger partial charge on any atom is -0.449 e. The van der Waals surface area contributed by atoms with Crippen LogP contribution in [0, 0.1) is 46.3 Å². The van der Waals surface area contributed by atoms with Crippen molar-refractivity contribution in [3.63, 3.8) is 0 Å². The average Bonchev–Trinajstić information content (AvgIpc) is 3.88. The number of rotatable bonds is 23. The van der Waals surface area contributed by atoms with Crippen molar-refractivity contribution in [1.29, 1.82) is 0 Å². The number of ether oxygens (including phenoxy) is 3. The smallest absolute Gasteiger partial charge is 0.407 e. The van der Waals surface area contributed by atoms with Crippen LogP contribution in [-0.2, 0) is 19.0 Å². The molecule has 1 aliphatic heterocycles. The van der Waals surface area contributed by atoms with Crippen LogP contribution in [0.2, 0.25) is 0 Å². The van der Waals surface area contributed by atoms with Gasteiger partial charge >= 0.3 is 12.1 Å². The number of amides is 1. The molecule has 4 fully saturated rings. The second-order valence-electron chi connectivity index (χ2n) is 24.0. The van der Waals surface area contributed by atoms with Gasteiger partial charge in [-0.1, -0.05) is 159 Å². The van der Waals surface area contributed by atoms with Gasteiger partial charge in [-0.05, 0) is 133 Å². The highest BCUT2D eigenvalue weighted by molar-refractivity contribution is 5.83. The molecule has 11 heteroatoms. The normalized spacial score (nSPS) is 34.1. The number of ketones is 1. The van der Waals surface area contributed by atoms with Crippen LogP contribution in [0.1, 0.15) is 187 Å². The van der Waals surface area contributed by atoms with E-state index < -0.39 is 48.4 Å². The maximum Gasteiger partial charge on any atom is 0.407 e. The van der Waals surface area contributed by atoms with Crippen molar-refractivity contribution >= 4 is 11.9 Å². The molecule has 11 nitrogen and oxygen atoms in total. The number of hydrogen-bond acceptors (Lipinski definition) is 10. The maximum absolute atomic E-state index is 13.2. The molecule has 71 heavy (non-hydrogen) atoms. The Kier molecular flexibility index (Phi) is 18.0. The zero-order valence-electron chi connectivity index (χ0n) is 43.7. The number of aliphatic hydroxyl groups is 5. The van der Waals surface area contributed by atoms with E-state index in [9.17, 15) is 35.1 Å². The van der Waals surface area contributed by atoms with Crippen LogP contribution in [0.4, 0.5) is 4.79 Å². The number of fused-ring (bicyclic) bond motifs is 8. The van der Waals surface area contributed by atoms with Crippen LogP contribution in [-0.4, -0.2) is 93.2 Å². The highest BCUT2D eigenvalue weighted by Gasteiger charge is 2.61. The van der Waals surface area contributed by atoms with Gasteiger partial charge in [0, 0.05) is 18.9 Å². The number of alkyl carbamates (subject to hydrolysis) is 1. The predicted octanol–water partition coefficient (Wildman–Crippen LogP) is 10.9. The van der Waals surface area contributed by atoms with E-state index >= 15 is 0 Å². The summed E-state index contributed by atoms with van der Waals surface area (Å²) in [6.07, 6.45) is 13.0. The van der Waals surface area contributed by atoms with E-state index in [1.54, 1.807) is 0 Å². The molecule has 1 saturated heterocycles. The Bertz CT molecular complexity index is 2080. The fourth-order valence-corrected chi connectivity index (χ4v) is 15.1. The topological polar surface area (TPSA) is 175 Å². The lowest BCUT2D eigenvalue weighted by molar-refractivity contribution is -0.461. The summed E-state index contributed by atoms with van der Waals surface area (Å²) in [4.78, 5) is 25.7. The molecule has 8 rings (SSSR count). The first-order valence-corrected chi connectivity index (χ1v) is 28.2. The third-order valence-corrected chi connectivity index (χ3v) is 19.1. The van der Waals surface area contributed by atoms with Crippen LogP contribution in [0.3, 0.4) is 0 Å². The molecule has 0 aromatic heterocycles. The number of carbonyl (C=O) groups excluding carboxylic acids is 2. The van der Waals surface area contributed by atoms with Gasteiger partial charge in [-0.25, -0.2) is 4.79 Å². The van der Waals surface area contributed by atoms with Crippen molar-refractivity contribution in [3.05, 3.63) is 71.3 Å². The Morgan fingerprint density at radius 3 is 2.10 bits per heavy atom. The second-order valence-corrected chi connectivity index (χ2v) is 24.0. The van der Waals surface area contributed by atoms with Crippen molar-refractivity contribution < 1.29 is 49.3 Å². The van der Waals surface area contributed by atoms with Gasteiger partial charge in [0.25, 0.3) is 0 Å². The summed E-state index contributed by atoms with van der Waals surface area (Å²) in [5, 5.41) is 58.6. The Labute approximate surface area is 424 Å². The summed E-state index contributed by atoms with van der Waals surface area (Å²) in [7, 11) is 0. The average molecular weight is 984 g/mol. The lowest BCUT2D eigenvalue weighted by atomic mass is 9.47. The van der Waals surface area contributed by atoms with Gasteiger partial charge in [-0.3, -0.25) is 4.79 Å². The van der Waals surface area contributed by atoms with Crippen LogP contribution < -0.4 is 5.32 Å². The molecule has 1 unspecified atom stereocenters. The number of benzene rings is 2. The van der Waals surface area contributed by atoms with Gasteiger partial charge in [-0.15, -0.1) is 0 Å². The Morgan fingerprint density at radius 1 is 0.775 bits per heavy atom. The molecule has 6 N–H and O–H groups in total. The zero-order valence-corrected chi connectivity index (χ0v) is 43.7. The van der Waals surface area contributed by atoms with Crippen molar-refractivity contribution in [2.24, 2.45) is 46.3 Å². The molecule has 6 aliphatic rings. The van der Waals surface area contributed by atoms with Crippen molar-refractivity contribution in [2.75, 3.05) is 13.2 Å². The van der Waals surface area contributed by atoms with E-state index in [1.165, 1.54) is 72.8 Å². The molecular formula is C60H89NO10. The lowest BCUT2D eigenvalue weighted by Gasteiger charge is -2.59. The number of aliphatic hydroxyl groups excluding tert-OH is 4. The number of unbranched alkanes of at least 4 members (excludes halogenated alkanes) is 8. The standard InChI is InChI=1S/C60H89NO10/c1-38(2)20-19-21-39(3)48-29-30-49-46-28-27-40-36-41(31-33-58(40,4)50(46)32-34-59(48,49)5)70-60(68)56(66)54(65)53(64)55(71-60)52(63)51(62)26-13-11-9-7-6-8-10-12-18-35-61-57(67)69-37-47-44-24-16-14-22-42(44)43-23-15-17-25-45(43)47/h14-17,22-25,27,38-39,41,46-50,52-56,63-66,68H,6-13,18-21,26,28-37H2,1-5H3,(H,61,67)/t39-,41+,46+,48-,49+,50+,52?,53-,54+,55-,56-,58+,59-,60-/m1/s1. The Morgan fingerprint density at radius 2 is 1.42 bits per heavy atom. The molecular weight excluding hydrogens is 895 g/mol. The monoisotopic (exact) mass is 984 g/mol. The van der Waals surface area contributed by atoms with Crippen LogP contribution in [0.15, 0.2) is 60.2 Å². The summed E-state index contributed by atoms with van der Waals surface area (Å²) in [6, 6.07) is 16.6. The predicted molar refractivity (Wildman–Crippen MR) is 276 cm³/mol. The van der Waals surface area contributed by atoms with E-state index in [-0.39, 0.29) is 23.8 Å². The third-order valence-electron chi connectivity index (χ3n) is 19.1. The van der Waals surface area contributed by atoms with Crippen LogP contribution >= 0.6 is 0 Å². The third kappa shape index (κ3) is 11.7. The van der Waals surface area contributed by atoms with Gasteiger partial charge in [0.15, 0.2) is 11.9 Å². The minimum atomic E-state index is -2.71. The molecule has 1 heterocycles. The van der Waals surface area contributed by atoms with Crippen molar-refractivity contribution in [2.45, 2.75) is 218 Å². The first-order chi connectivity index (χ1) is 34.1. The van der Waals surface area contributed by atoms with Crippen LogP contribution in [0.5, 0.6) is 0 Å². The number of nitrogens with one attached hydrogen (secondary N) is 1. The Hall–Kier alpha value is -3.16. The number of Topliss-reactive ketones (excluding diaryl/α,β-unsaturated/α-hetero) is 1. The largest absolute Gasteiger partial charge is 0.449 e. The minimum absolute atomic E-state index is 0.0252. The fraction of sp³-hybridized carbons (Fsp3) is 0.733. The molecule has 0 bridgehead atoms. The number of allylic oxidation sites excluding steroid dienone is 1. The first kappa shape index (κ1) is 54.1. The molecule has 2 aromatic rings.